The summed E-state index contributed by atoms with van der Waals surface area (Å²) in [5.41, 5.74) is 1.32. The van der Waals surface area contributed by atoms with E-state index in [1.165, 1.54) is 5.56 Å². The van der Waals surface area contributed by atoms with Gasteiger partial charge in [0.15, 0.2) is 5.76 Å². The van der Waals surface area contributed by atoms with Gasteiger partial charge in [0.2, 0.25) is 0 Å². The summed E-state index contributed by atoms with van der Waals surface area (Å²) < 4.78 is 11.3. The fourth-order valence-corrected chi connectivity index (χ4v) is 2.34. The Morgan fingerprint density at radius 1 is 1.26 bits per heavy atom. The molecular weight excluding hydrogens is 290 g/mol. The van der Waals surface area contributed by atoms with E-state index in [0.717, 1.165) is 25.0 Å². The fraction of sp³-hybridized carbons (Fsp3) is 0.421. The average Bonchev–Trinajstić information content (AvgIpc) is 3.26. The van der Waals surface area contributed by atoms with E-state index in [1.54, 1.807) is 12.1 Å². The SMILES string of the molecule is CCC(C)c1ccc(OCc2ccc(C(=O)NC3CC3)o2)cc1. The molecule has 4 heteroatoms. The lowest BCUT2D eigenvalue weighted by atomic mass is 9.99. The molecule has 0 saturated heterocycles. The van der Waals surface area contributed by atoms with Gasteiger partial charge in [-0.3, -0.25) is 4.79 Å². The second-order valence-electron chi connectivity index (χ2n) is 6.18. The van der Waals surface area contributed by atoms with Crippen LogP contribution in [0.5, 0.6) is 5.75 Å². The van der Waals surface area contributed by atoms with Gasteiger partial charge in [0.05, 0.1) is 0 Å². The van der Waals surface area contributed by atoms with Crippen molar-refractivity contribution in [3.63, 3.8) is 0 Å². The van der Waals surface area contributed by atoms with Gasteiger partial charge < -0.3 is 14.5 Å². The minimum atomic E-state index is -0.142. The van der Waals surface area contributed by atoms with Gasteiger partial charge in [-0.25, -0.2) is 0 Å². The largest absolute Gasteiger partial charge is 0.486 e. The number of hydrogen-bond donors (Lipinski definition) is 1. The monoisotopic (exact) mass is 313 g/mol. The molecular formula is C19H23NO3. The van der Waals surface area contributed by atoms with E-state index in [0.29, 0.717) is 30.1 Å². The summed E-state index contributed by atoms with van der Waals surface area (Å²) in [5, 5.41) is 2.91. The molecule has 1 N–H and O–H groups in total. The molecule has 1 aliphatic carbocycles. The highest BCUT2D eigenvalue weighted by molar-refractivity contribution is 5.91. The van der Waals surface area contributed by atoms with Gasteiger partial charge in [0.25, 0.3) is 5.91 Å². The van der Waals surface area contributed by atoms with E-state index >= 15 is 0 Å². The Hall–Kier alpha value is -2.23. The van der Waals surface area contributed by atoms with Crippen molar-refractivity contribution >= 4 is 5.91 Å². The first kappa shape index (κ1) is 15.7. The van der Waals surface area contributed by atoms with Crippen LogP contribution in [0.1, 0.15) is 60.9 Å². The molecule has 1 aromatic carbocycles. The number of nitrogens with one attached hydrogen (secondary N) is 1. The summed E-state index contributed by atoms with van der Waals surface area (Å²) in [6, 6.07) is 12.0. The molecule has 0 aliphatic heterocycles. The van der Waals surface area contributed by atoms with Crippen molar-refractivity contribution in [1.82, 2.24) is 5.32 Å². The molecule has 1 fully saturated rings. The molecule has 0 spiro atoms. The van der Waals surface area contributed by atoms with E-state index in [-0.39, 0.29) is 5.91 Å². The topological polar surface area (TPSA) is 51.5 Å². The number of rotatable bonds is 7. The summed E-state index contributed by atoms with van der Waals surface area (Å²) in [5.74, 6) is 2.22. The second kappa shape index (κ2) is 6.90. The lowest BCUT2D eigenvalue weighted by Crippen LogP contribution is -2.24. The Labute approximate surface area is 136 Å². The van der Waals surface area contributed by atoms with Gasteiger partial charge >= 0.3 is 0 Å². The molecule has 1 amide bonds. The Morgan fingerprint density at radius 3 is 2.65 bits per heavy atom. The van der Waals surface area contributed by atoms with Crippen molar-refractivity contribution in [3.05, 3.63) is 53.5 Å². The minimum absolute atomic E-state index is 0.142. The zero-order valence-corrected chi connectivity index (χ0v) is 13.7. The molecule has 0 radical (unpaired) electrons. The van der Waals surface area contributed by atoms with E-state index in [2.05, 4.69) is 31.3 Å². The minimum Gasteiger partial charge on any atom is -0.486 e. The zero-order chi connectivity index (χ0) is 16.2. The maximum absolute atomic E-state index is 11.9. The van der Waals surface area contributed by atoms with Gasteiger partial charge in [-0.1, -0.05) is 26.0 Å². The van der Waals surface area contributed by atoms with E-state index in [1.807, 2.05) is 12.1 Å². The molecule has 4 nitrogen and oxygen atoms in total. The Morgan fingerprint density at radius 2 is 2.00 bits per heavy atom. The van der Waals surface area contributed by atoms with Crippen molar-refractivity contribution in [2.45, 2.75) is 51.7 Å². The van der Waals surface area contributed by atoms with Crippen molar-refractivity contribution in [3.8, 4) is 5.75 Å². The zero-order valence-electron chi connectivity index (χ0n) is 13.7. The van der Waals surface area contributed by atoms with Crippen LogP contribution < -0.4 is 10.1 Å². The third-order valence-electron chi connectivity index (χ3n) is 4.24. The van der Waals surface area contributed by atoms with E-state index in [4.69, 9.17) is 9.15 Å². The summed E-state index contributed by atoms with van der Waals surface area (Å²) in [7, 11) is 0. The lowest BCUT2D eigenvalue weighted by Gasteiger charge is -2.10. The van der Waals surface area contributed by atoms with Gasteiger partial charge in [0.1, 0.15) is 18.1 Å². The third kappa shape index (κ3) is 4.15. The number of benzene rings is 1. The molecule has 0 bridgehead atoms. The van der Waals surface area contributed by atoms with Crippen molar-refractivity contribution in [2.24, 2.45) is 0 Å². The molecule has 1 heterocycles. The standard InChI is InChI=1S/C19H23NO3/c1-3-13(2)14-4-8-16(9-5-14)22-12-17-10-11-18(23-17)19(21)20-15-6-7-15/h4-5,8-11,13,15H,3,6-7,12H2,1-2H3,(H,20,21). The van der Waals surface area contributed by atoms with Gasteiger partial charge in [-0.2, -0.15) is 0 Å². The average molecular weight is 313 g/mol. The van der Waals surface area contributed by atoms with Crippen LogP contribution in [-0.2, 0) is 6.61 Å². The summed E-state index contributed by atoms with van der Waals surface area (Å²) >= 11 is 0. The summed E-state index contributed by atoms with van der Waals surface area (Å²) in [6.07, 6.45) is 3.25. The van der Waals surface area contributed by atoms with Crippen LogP contribution in [0.4, 0.5) is 0 Å². The Kier molecular flexibility index (Phi) is 4.70. The molecule has 1 unspecified atom stereocenters. The maximum atomic E-state index is 11.9. The van der Waals surface area contributed by atoms with Crippen LogP contribution >= 0.6 is 0 Å². The van der Waals surface area contributed by atoms with Crippen LogP contribution in [0.3, 0.4) is 0 Å². The van der Waals surface area contributed by atoms with Crippen LogP contribution in [0.15, 0.2) is 40.8 Å². The number of hydrogen-bond acceptors (Lipinski definition) is 3. The lowest BCUT2D eigenvalue weighted by molar-refractivity contribution is 0.0919. The van der Waals surface area contributed by atoms with Crippen molar-refractivity contribution < 1.29 is 13.9 Å². The summed E-state index contributed by atoms with van der Waals surface area (Å²) in [6.45, 7) is 4.72. The van der Waals surface area contributed by atoms with Crippen molar-refractivity contribution in [2.75, 3.05) is 0 Å². The fourth-order valence-electron chi connectivity index (χ4n) is 2.34. The molecule has 3 rings (SSSR count). The molecule has 1 saturated carbocycles. The molecule has 122 valence electrons. The molecule has 1 aromatic heterocycles. The smallest absolute Gasteiger partial charge is 0.287 e. The number of furan rings is 1. The first-order valence-electron chi connectivity index (χ1n) is 8.28. The van der Waals surface area contributed by atoms with Crippen LogP contribution in [0.2, 0.25) is 0 Å². The normalized spacial score (nSPS) is 15.2. The number of amides is 1. The maximum Gasteiger partial charge on any atom is 0.287 e. The van der Waals surface area contributed by atoms with Gasteiger partial charge in [-0.05, 0) is 55.0 Å². The number of ether oxygens (including phenoxy) is 1. The summed E-state index contributed by atoms with van der Waals surface area (Å²) in [4.78, 5) is 11.9. The molecule has 1 aliphatic rings. The number of carbonyl (C=O) groups excluding carboxylic acids is 1. The van der Waals surface area contributed by atoms with Gasteiger partial charge in [0, 0.05) is 6.04 Å². The molecule has 1 atom stereocenters. The van der Waals surface area contributed by atoms with Crippen LogP contribution in [0, 0.1) is 0 Å². The first-order chi connectivity index (χ1) is 11.2. The second-order valence-corrected chi connectivity index (χ2v) is 6.18. The van der Waals surface area contributed by atoms with Crippen molar-refractivity contribution in [1.29, 1.82) is 0 Å². The van der Waals surface area contributed by atoms with E-state index in [9.17, 15) is 4.79 Å². The number of carbonyl (C=O) groups is 1. The Bertz CT molecular complexity index is 656. The molecule has 23 heavy (non-hydrogen) atoms. The van der Waals surface area contributed by atoms with Crippen LogP contribution in [0.25, 0.3) is 0 Å². The predicted molar refractivity (Wildman–Crippen MR) is 88.7 cm³/mol. The Balaban J connectivity index is 1.53. The van der Waals surface area contributed by atoms with Crippen LogP contribution in [-0.4, -0.2) is 11.9 Å². The quantitative estimate of drug-likeness (QED) is 0.830. The van der Waals surface area contributed by atoms with Gasteiger partial charge in [-0.15, -0.1) is 0 Å². The highest BCUT2D eigenvalue weighted by atomic mass is 16.5. The molecule has 2 aromatic rings. The third-order valence-corrected chi connectivity index (χ3v) is 4.24. The highest BCUT2D eigenvalue weighted by Gasteiger charge is 2.25. The highest BCUT2D eigenvalue weighted by Crippen LogP contribution is 2.23. The van der Waals surface area contributed by atoms with E-state index < -0.39 is 0 Å². The first-order valence-corrected chi connectivity index (χ1v) is 8.28. The predicted octanol–water partition coefficient (Wildman–Crippen LogP) is 4.26.